The first-order valence-electron chi connectivity index (χ1n) is 11.0. The lowest BCUT2D eigenvalue weighted by Crippen LogP contribution is -2.42. The van der Waals surface area contributed by atoms with Gasteiger partial charge in [0.25, 0.3) is 0 Å². The second-order valence-electron chi connectivity index (χ2n) is 8.09. The Morgan fingerprint density at radius 1 is 0.818 bits per heavy atom. The van der Waals surface area contributed by atoms with Crippen molar-refractivity contribution in [1.82, 2.24) is 24.4 Å². The van der Waals surface area contributed by atoms with Gasteiger partial charge in [0.1, 0.15) is 12.0 Å². The van der Waals surface area contributed by atoms with Gasteiger partial charge in [-0.15, -0.1) is 0 Å². The molecule has 33 heavy (non-hydrogen) atoms. The van der Waals surface area contributed by atoms with Gasteiger partial charge < -0.3 is 9.80 Å². The molecular weight excluding hydrogens is 410 g/mol. The largest absolute Gasteiger partial charge is 0.304 e. The lowest BCUT2D eigenvalue weighted by Gasteiger charge is -2.28. The molecule has 6 nitrogen and oxygen atoms in total. The average Bonchev–Trinajstić information content (AvgIpc) is 3.28. The quantitative estimate of drug-likeness (QED) is 0.355. The number of fused-ring (bicyclic) bond motifs is 1. The number of carbonyl (C=O) groups excluding carboxylic acids is 1. The van der Waals surface area contributed by atoms with E-state index in [9.17, 15) is 4.79 Å². The van der Waals surface area contributed by atoms with Crippen molar-refractivity contribution in [2.75, 3.05) is 40.3 Å². The number of imidazole rings is 1. The van der Waals surface area contributed by atoms with Gasteiger partial charge in [0.2, 0.25) is 0 Å². The van der Waals surface area contributed by atoms with E-state index in [0.717, 1.165) is 34.4 Å². The molecule has 5 rings (SSSR count). The zero-order chi connectivity index (χ0) is 23.0. The molecule has 6 heteroatoms. The summed E-state index contributed by atoms with van der Waals surface area (Å²) < 4.78 is 1.74. The number of benzene rings is 2. The van der Waals surface area contributed by atoms with Crippen molar-refractivity contribution in [2.24, 2.45) is 0 Å². The van der Waals surface area contributed by atoms with Crippen molar-refractivity contribution in [3.05, 3.63) is 89.7 Å². The van der Waals surface area contributed by atoms with Crippen molar-refractivity contribution >= 4 is 11.9 Å². The van der Waals surface area contributed by atoms with Gasteiger partial charge >= 0.3 is 0 Å². The lowest BCUT2D eigenvalue weighted by atomic mass is 10.1. The van der Waals surface area contributed by atoms with E-state index >= 15 is 0 Å². The summed E-state index contributed by atoms with van der Waals surface area (Å²) in [6.07, 6.45) is 2.55. The number of rotatable bonds is 2. The molecule has 0 radical (unpaired) electrons. The van der Waals surface area contributed by atoms with Gasteiger partial charge in [-0.25, -0.2) is 9.50 Å². The maximum Gasteiger partial charge on any atom is 0.154 e. The van der Waals surface area contributed by atoms with Crippen molar-refractivity contribution in [3.63, 3.8) is 0 Å². The number of piperazine rings is 1. The predicted octanol–water partition coefficient (Wildman–Crippen LogP) is 3.47. The van der Waals surface area contributed by atoms with Crippen molar-refractivity contribution in [1.29, 1.82) is 0 Å². The maximum atomic E-state index is 10.8. The molecule has 4 aromatic rings. The first kappa shape index (κ1) is 22.4. The molecular formula is C27H27N5O. The molecule has 0 unspecified atom stereocenters. The van der Waals surface area contributed by atoms with Crippen LogP contribution in [0.5, 0.6) is 0 Å². The van der Waals surface area contributed by atoms with Crippen molar-refractivity contribution in [2.45, 2.75) is 0 Å². The van der Waals surface area contributed by atoms with Crippen LogP contribution in [-0.2, 0) is 0 Å². The van der Waals surface area contributed by atoms with Crippen molar-refractivity contribution in [3.8, 4) is 23.1 Å². The molecule has 0 N–H and O–H groups in total. The third kappa shape index (κ3) is 5.92. The Morgan fingerprint density at radius 3 is 2.12 bits per heavy atom. The van der Waals surface area contributed by atoms with Crippen LogP contribution in [-0.4, -0.2) is 71.0 Å². The summed E-state index contributed by atoms with van der Waals surface area (Å²) in [5.74, 6) is 6.25. The molecule has 0 spiro atoms. The number of carbonyl (C=O) groups is 1. The molecule has 0 amide bonds. The van der Waals surface area contributed by atoms with Crippen molar-refractivity contribution < 1.29 is 4.79 Å². The molecule has 1 fully saturated rings. The highest BCUT2D eigenvalue weighted by molar-refractivity contribution is 5.76. The first-order chi connectivity index (χ1) is 16.1. The minimum absolute atomic E-state index is 0.641. The molecule has 2 aromatic carbocycles. The Labute approximate surface area is 194 Å². The Hall–Kier alpha value is -3.79. The van der Waals surface area contributed by atoms with Crippen LogP contribution in [0.3, 0.4) is 0 Å². The fraction of sp³-hybridized carbons (Fsp3) is 0.222. The van der Waals surface area contributed by atoms with Crippen LogP contribution in [0.1, 0.15) is 21.6 Å². The molecule has 3 heterocycles. The first-order valence-corrected chi connectivity index (χ1v) is 11.0. The monoisotopic (exact) mass is 437 g/mol. The summed E-state index contributed by atoms with van der Waals surface area (Å²) in [7, 11) is 4.35. The van der Waals surface area contributed by atoms with E-state index in [1.165, 1.54) is 26.2 Å². The Kier molecular flexibility index (Phi) is 7.26. The Balaban J connectivity index is 0.000000275. The van der Waals surface area contributed by atoms with E-state index in [2.05, 4.69) is 45.8 Å². The van der Waals surface area contributed by atoms with Gasteiger partial charge in [-0.3, -0.25) is 4.79 Å². The summed E-state index contributed by atoms with van der Waals surface area (Å²) in [5.41, 5.74) is 4.78. The van der Waals surface area contributed by atoms with E-state index in [4.69, 9.17) is 0 Å². The minimum Gasteiger partial charge on any atom is -0.304 e. The van der Waals surface area contributed by atoms with Gasteiger partial charge in [0.05, 0.1) is 11.9 Å². The summed E-state index contributed by atoms with van der Waals surface area (Å²) in [4.78, 5) is 19.9. The summed E-state index contributed by atoms with van der Waals surface area (Å²) >= 11 is 0. The molecule has 2 aromatic heterocycles. The highest BCUT2D eigenvalue weighted by Crippen LogP contribution is 2.18. The molecule has 1 saturated heterocycles. The van der Waals surface area contributed by atoms with E-state index in [1.807, 2.05) is 54.6 Å². The van der Waals surface area contributed by atoms with Gasteiger partial charge in [-0.1, -0.05) is 48.4 Å². The van der Waals surface area contributed by atoms with Crippen LogP contribution < -0.4 is 0 Å². The molecule has 0 atom stereocenters. The highest BCUT2D eigenvalue weighted by atomic mass is 16.1. The zero-order valence-corrected chi connectivity index (χ0v) is 19.0. The summed E-state index contributed by atoms with van der Waals surface area (Å²) in [6, 6.07) is 20.9. The van der Waals surface area contributed by atoms with E-state index in [-0.39, 0.29) is 0 Å². The smallest absolute Gasteiger partial charge is 0.154 e. The Morgan fingerprint density at radius 2 is 1.48 bits per heavy atom. The number of nitrogens with zero attached hydrogens (tertiary/aromatic N) is 5. The second kappa shape index (κ2) is 10.7. The molecule has 0 aliphatic carbocycles. The van der Waals surface area contributed by atoms with E-state index in [0.29, 0.717) is 5.56 Å². The van der Waals surface area contributed by atoms with Crippen LogP contribution in [0.25, 0.3) is 16.9 Å². The molecule has 166 valence electrons. The number of hydrogen-bond acceptors (Lipinski definition) is 5. The molecule has 0 bridgehead atoms. The molecule has 0 saturated carbocycles. The minimum atomic E-state index is 0.641. The standard InChI is InChI=1S/C21H13N3O.C6H14N2/c25-15-17-6-9-18(10-7-17)20-12-13-21-22-14-19(24(21)23-20)11-8-16-4-2-1-3-5-16;1-7-3-5-8(2)6-4-7/h1-7,9-10,12-15H;3-6H2,1-2H3. The SMILES string of the molecule is CN1CCN(C)CC1.O=Cc1ccc(-c2ccc3ncc(C#Cc4ccccc4)n3n2)cc1. The van der Waals surface area contributed by atoms with Crippen LogP contribution in [0.4, 0.5) is 0 Å². The van der Waals surface area contributed by atoms with Gasteiger partial charge in [0, 0.05) is 42.9 Å². The number of hydrogen-bond donors (Lipinski definition) is 0. The van der Waals surface area contributed by atoms with Crippen LogP contribution in [0, 0.1) is 11.8 Å². The third-order valence-electron chi connectivity index (χ3n) is 5.54. The summed E-state index contributed by atoms with van der Waals surface area (Å²) in [5, 5.41) is 4.64. The third-order valence-corrected chi connectivity index (χ3v) is 5.54. The lowest BCUT2D eigenvalue weighted by molar-refractivity contribution is 0.112. The number of likely N-dealkylation sites (N-methyl/N-ethyl adjacent to an activating group) is 2. The van der Waals surface area contributed by atoms with Gasteiger partial charge in [-0.05, 0) is 44.3 Å². The predicted molar refractivity (Wildman–Crippen MR) is 131 cm³/mol. The van der Waals surface area contributed by atoms with E-state index < -0.39 is 0 Å². The normalized spacial score (nSPS) is 14.1. The van der Waals surface area contributed by atoms with Crippen LogP contribution in [0.15, 0.2) is 72.9 Å². The van der Waals surface area contributed by atoms with Crippen LogP contribution >= 0.6 is 0 Å². The van der Waals surface area contributed by atoms with E-state index in [1.54, 1.807) is 22.8 Å². The molecule has 1 aliphatic rings. The average molecular weight is 438 g/mol. The van der Waals surface area contributed by atoms with Crippen LogP contribution in [0.2, 0.25) is 0 Å². The fourth-order valence-corrected chi connectivity index (χ4v) is 3.41. The van der Waals surface area contributed by atoms with Gasteiger partial charge in [-0.2, -0.15) is 5.10 Å². The zero-order valence-electron chi connectivity index (χ0n) is 19.0. The maximum absolute atomic E-state index is 10.8. The highest BCUT2D eigenvalue weighted by Gasteiger charge is 2.08. The number of aldehydes is 1. The number of aromatic nitrogens is 3. The Bertz CT molecular complexity index is 1250. The topological polar surface area (TPSA) is 53.7 Å². The second-order valence-corrected chi connectivity index (χ2v) is 8.09. The molecule has 1 aliphatic heterocycles. The fourth-order valence-electron chi connectivity index (χ4n) is 3.41. The van der Waals surface area contributed by atoms with Gasteiger partial charge in [0.15, 0.2) is 5.65 Å². The summed E-state index contributed by atoms with van der Waals surface area (Å²) in [6.45, 7) is 4.93.